The van der Waals surface area contributed by atoms with Crippen LogP contribution in [0, 0.1) is 0 Å². The molecule has 6 heteroatoms. The van der Waals surface area contributed by atoms with Crippen molar-refractivity contribution in [1.29, 1.82) is 0 Å². The standard InChI is InChI=1S/C23H24N4O2/c1-16(28)25-19-10-5-17(6-11-19)7-14-21(29)18-8-12-20(13-9-18)27-22(15-24-26-27)23(2,3)4/h5-15H,1-4H3,(H,25,28). The highest BCUT2D eigenvalue weighted by molar-refractivity contribution is 6.06. The molecule has 0 aliphatic rings. The van der Waals surface area contributed by atoms with Crippen LogP contribution in [-0.2, 0) is 10.2 Å². The minimum atomic E-state index is -0.118. The number of hydrogen-bond donors (Lipinski definition) is 1. The summed E-state index contributed by atoms with van der Waals surface area (Å²) in [4.78, 5) is 23.5. The monoisotopic (exact) mass is 388 g/mol. The van der Waals surface area contributed by atoms with Gasteiger partial charge >= 0.3 is 0 Å². The van der Waals surface area contributed by atoms with Crippen LogP contribution in [0.5, 0.6) is 0 Å². The van der Waals surface area contributed by atoms with Crippen molar-refractivity contribution in [2.24, 2.45) is 0 Å². The fourth-order valence-corrected chi connectivity index (χ4v) is 2.85. The van der Waals surface area contributed by atoms with Gasteiger partial charge in [-0.05, 0) is 48.0 Å². The Kier molecular flexibility index (Phi) is 5.73. The normalized spacial score (nSPS) is 11.6. The molecule has 6 nitrogen and oxygen atoms in total. The summed E-state index contributed by atoms with van der Waals surface area (Å²) in [5.41, 5.74) is 3.97. The van der Waals surface area contributed by atoms with Gasteiger partial charge in [0.15, 0.2) is 5.78 Å². The smallest absolute Gasteiger partial charge is 0.221 e. The minimum absolute atomic E-state index is 0.0860. The van der Waals surface area contributed by atoms with Crippen molar-refractivity contribution in [3.05, 3.63) is 77.6 Å². The lowest BCUT2D eigenvalue weighted by atomic mass is 9.92. The fraction of sp³-hybridized carbons (Fsp3) is 0.217. The summed E-state index contributed by atoms with van der Waals surface area (Å²) in [6, 6.07) is 14.6. The molecule has 0 aliphatic heterocycles. The van der Waals surface area contributed by atoms with Gasteiger partial charge in [-0.3, -0.25) is 9.59 Å². The summed E-state index contributed by atoms with van der Waals surface area (Å²) in [7, 11) is 0. The molecule has 29 heavy (non-hydrogen) atoms. The minimum Gasteiger partial charge on any atom is -0.326 e. The topological polar surface area (TPSA) is 76.9 Å². The predicted octanol–water partition coefficient (Wildman–Crippen LogP) is 4.42. The molecule has 0 unspecified atom stereocenters. The second-order valence-corrected chi connectivity index (χ2v) is 7.83. The molecule has 2 aromatic carbocycles. The summed E-state index contributed by atoms with van der Waals surface area (Å²) in [6.07, 6.45) is 5.06. The molecule has 3 aromatic rings. The fourth-order valence-electron chi connectivity index (χ4n) is 2.85. The van der Waals surface area contributed by atoms with Crippen molar-refractivity contribution >= 4 is 23.5 Å². The number of ketones is 1. The van der Waals surface area contributed by atoms with Crippen LogP contribution in [0.2, 0.25) is 0 Å². The molecule has 0 saturated carbocycles. The highest BCUT2D eigenvalue weighted by Crippen LogP contribution is 2.23. The Bertz CT molecular complexity index is 1040. The Balaban J connectivity index is 1.72. The van der Waals surface area contributed by atoms with E-state index in [1.807, 2.05) is 24.3 Å². The van der Waals surface area contributed by atoms with E-state index in [9.17, 15) is 9.59 Å². The molecule has 1 amide bonds. The second-order valence-electron chi connectivity index (χ2n) is 7.83. The van der Waals surface area contributed by atoms with Gasteiger partial charge in [-0.15, -0.1) is 5.10 Å². The summed E-state index contributed by atoms with van der Waals surface area (Å²) in [6.45, 7) is 7.78. The molecular weight excluding hydrogens is 364 g/mol. The lowest BCUT2D eigenvalue weighted by molar-refractivity contribution is -0.114. The van der Waals surface area contributed by atoms with Crippen molar-refractivity contribution in [3.63, 3.8) is 0 Å². The molecule has 1 aromatic heterocycles. The lowest BCUT2D eigenvalue weighted by Gasteiger charge is -2.19. The number of allylic oxidation sites excluding steroid dienone is 1. The number of amides is 1. The molecule has 0 aliphatic carbocycles. The maximum absolute atomic E-state index is 12.5. The third-order valence-corrected chi connectivity index (χ3v) is 4.37. The average Bonchev–Trinajstić information content (AvgIpc) is 3.17. The summed E-state index contributed by atoms with van der Waals surface area (Å²) in [5, 5.41) is 10.9. The van der Waals surface area contributed by atoms with Crippen LogP contribution in [0.15, 0.2) is 60.8 Å². The molecule has 0 fully saturated rings. The first-order valence-corrected chi connectivity index (χ1v) is 9.36. The zero-order chi connectivity index (χ0) is 21.0. The number of rotatable bonds is 5. The number of nitrogens with one attached hydrogen (secondary N) is 1. The molecule has 148 valence electrons. The average molecular weight is 388 g/mol. The molecule has 0 spiro atoms. The maximum Gasteiger partial charge on any atom is 0.221 e. The second kappa shape index (κ2) is 8.22. The third-order valence-electron chi connectivity index (χ3n) is 4.37. The van der Waals surface area contributed by atoms with E-state index < -0.39 is 0 Å². The van der Waals surface area contributed by atoms with Gasteiger partial charge < -0.3 is 5.32 Å². The first kappa shape index (κ1) is 20.2. The molecule has 1 N–H and O–H groups in total. The number of anilines is 1. The number of carbonyl (C=O) groups excluding carboxylic acids is 2. The van der Waals surface area contributed by atoms with Crippen LogP contribution >= 0.6 is 0 Å². The number of aromatic nitrogens is 3. The highest BCUT2D eigenvalue weighted by atomic mass is 16.1. The predicted molar refractivity (Wildman–Crippen MR) is 114 cm³/mol. The van der Waals surface area contributed by atoms with Crippen LogP contribution in [0.1, 0.15) is 49.3 Å². The molecule has 1 heterocycles. The summed E-state index contributed by atoms with van der Waals surface area (Å²) >= 11 is 0. The Morgan fingerprint density at radius 3 is 2.24 bits per heavy atom. The van der Waals surface area contributed by atoms with Crippen molar-refractivity contribution in [2.45, 2.75) is 33.1 Å². The molecule has 3 rings (SSSR count). The van der Waals surface area contributed by atoms with Crippen molar-refractivity contribution in [1.82, 2.24) is 15.0 Å². The van der Waals surface area contributed by atoms with E-state index in [0.717, 1.165) is 22.6 Å². The zero-order valence-corrected chi connectivity index (χ0v) is 17.0. The first-order valence-electron chi connectivity index (χ1n) is 9.36. The van der Waals surface area contributed by atoms with Crippen LogP contribution in [-0.4, -0.2) is 26.7 Å². The van der Waals surface area contributed by atoms with E-state index in [0.29, 0.717) is 5.56 Å². The summed E-state index contributed by atoms with van der Waals surface area (Å²) in [5.74, 6) is -0.204. The van der Waals surface area contributed by atoms with Crippen LogP contribution < -0.4 is 5.32 Å². The number of hydrogen-bond acceptors (Lipinski definition) is 4. The van der Waals surface area contributed by atoms with Crippen molar-refractivity contribution in [3.8, 4) is 5.69 Å². The van der Waals surface area contributed by atoms with Gasteiger partial charge in [0.2, 0.25) is 5.91 Å². The Morgan fingerprint density at radius 2 is 1.66 bits per heavy atom. The Hall–Kier alpha value is -3.54. The zero-order valence-electron chi connectivity index (χ0n) is 17.0. The van der Waals surface area contributed by atoms with Crippen LogP contribution in [0.25, 0.3) is 11.8 Å². The van der Waals surface area contributed by atoms with Crippen LogP contribution in [0.3, 0.4) is 0 Å². The van der Waals surface area contributed by atoms with Gasteiger partial charge in [0.1, 0.15) is 0 Å². The van der Waals surface area contributed by atoms with Gasteiger partial charge in [0, 0.05) is 23.6 Å². The van der Waals surface area contributed by atoms with Crippen molar-refractivity contribution < 1.29 is 9.59 Å². The van der Waals surface area contributed by atoms with Gasteiger partial charge in [0.25, 0.3) is 0 Å². The summed E-state index contributed by atoms with van der Waals surface area (Å²) < 4.78 is 1.79. The highest BCUT2D eigenvalue weighted by Gasteiger charge is 2.20. The molecule has 0 atom stereocenters. The van der Waals surface area contributed by atoms with Crippen LogP contribution in [0.4, 0.5) is 5.69 Å². The molecular formula is C23H24N4O2. The molecule has 0 bridgehead atoms. The Morgan fingerprint density at radius 1 is 1.00 bits per heavy atom. The Labute approximate surface area is 170 Å². The molecule has 0 saturated heterocycles. The van der Waals surface area contributed by atoms with E-state index in [4.69, 9.17) is 0 Å². The quantitative estimate of drug-likeness (QED) is 0.518. The first-order chi connectivity index (χ1) is 13.7. The van der Waals surface area contributed by atoms with E-state index in [1.165, 1.54) is 6.92 Å². The van der Waals surface area contributed by atoms with Gasteiger partial charge in [-0.25, -0.2) is 4.68 Å². The number of benzene rings is 2. The van der Waals surface area contributed by atoms with E-state index in [1.54, 1.807) is 47.3 Å². The molecule has 0 radical (unpaired) electrons. The third kappa shape index (κ3) is 5.04. The van der Waals surface area contributed by atoms with E-state index in [2.05, 4.69) is 36.4 Å². The van der Waals surface area contributed by atoms with Gasteiger partial charge in [-0.1, -0.05) is 44.2 Å². The number of carbonyl (C=O) groups is 2. The van der Waals surface area contributed by atoms with Gasteiger partial charge in [0.05, 0.1) is 17.6 Å². The van der Waals surface area contributed by atoms with E-state index >= 15 is 0 Å². The van der Waals surface area contributed by atoms with E-state index in [-0.39, 0.29) is 17.1 Å². The van der Waals surface area contributed by atoms with Gasteiger partial charge in [-0.2, -0.15) is 0 Å². The largest absolute Gasteiger partial charge is 0.326 e. The number of nitrogens with zero attached hydrogens (tertiary/aromatic N) is 3. The van der Waals surface area contributed by atoms with Crippen molar-refractivity contribution in [2.75, 3.05) is 5.32 Å². The lowest BCUT2D eigenvalue weighted by Crippen LogP contribution is -2.17. The maximum atomic E-state index is 12.5. The SMILES string of the molecule is CC(=O)Nc1ccc(C=CC(=O)c2ccc(-n3nncc3C(C)(C)C)cc2)cc1.